The molecule has 120 valence electrons. The van der Waals surface area contributed by atoms with Gasteiger partial charge in [0.1, 0.15) is 5.78 Å². The van der Waals surface area contributed by atoms with Crippen LogP contribution in [0.15, 0.2) is 11.6 Å². The first-order valence-electron chi connectivity index (χ1n) is 9.10. The molecular formula is C20H28O2. The lowest BCUT2D eigenvalue weighted by molar-refractivity contribution is -0.168. The maximum absolute atomic E-state index is 11.9. The van der Waals surface area contributed by atoms with Crippen LogP contribution in [-0.2, 0) is 9.59 Å². The minimum absolute atomic E-state index is 0.263. The predicted octanol–water partition coefficient (Wildman–Crippen LogP) is 4.33. The molecule has 0 aromatic carbocycles. The van der Waals surface area contributed by atoms with Crippen LogP contribution in [-0.4, -0.2) is 11.6 Å². The minimum Gasteiger partial charge on any atom is -0.300 e. The lowest BCUT2D eigenvalue weighted by Gasteiger charge is -2.65. The first-order chi connectivity index (χ1) is 10.4. The van der Waals surface area contributed by atoms with Gasteiger partial charge in [0, 0.05) is 12.3 Å². The van der Waals surface area contributed by atoms with Crippen molar-refractivity contribution in [2.24, 2.45) is 34.5 Å². The van der Waals surface area contributed by atoms with Gasteiger partial charge in [0.25, 0.3) is 0 Å². The molecule has 4 rings (SSSR count). The van der Waals surface area contributed by atoms with Gasteiger partial charge in [-0.25, -0.2) is 0 Å². The number of fused-ring (bicyclic) bond motifs is 5. The van der Waals surface area contributed by atoms with Gasteiger partial charge in [0.2, 0.25) is 0 Å². The molecule has 0 spiro atoms. The lowest BCUT2D eigenvalue weighted by atomic mass is 9.38. The van der Waals surface area contributed by atoms with Crippen LogP contribution in [0.25, 0.3) is 0 Å². The fourth-order valence-corrected chi connectivity index (χ4v) is 6.78. The summed E-state index contributed by atoms with van der Waals surface area (Å²) in [7, 11) is 0. The molecular weight excluding hydrogens is 272 g/mol. The number of allylic oxidation sites excluding steroid dienone is 2. The fraction of sp³-hybridized carbons (Fsp3) is 0.800. The molecule has 22 heavy (non-hydrogen) atoms. The molecule has 0 amide bonds. The molecule has 0 aromatic heterocycles. The number of Topliss-reactive ketones (excluding diaryl/α,β-unsaturated/α-hetero) is 1. The molecule has 4 aliphatic rings. The standard InChI is InChI=1S/C20H28O2/c1-12(21)17-11-18-15-5-4-13-10-14(22)6-8-19(13,2)16(15)7-9-20(17,18)3/h10,15-18H,4-9,11H2,1-3H3. The second-order valence-corrected chi connectivity index (χ2v) is 8.91. The largest absolute Gasteiger partial charge is 0.300 e. The monoisotopic (exact) mass is 300 g/mol. The first-order valence-corrected chi connectivity index (χ1v) is 9.10. The van der Waals surface area contributed by atoms with Gasteiger partial charge < -0.3 is 0 Å². The second kappa shape index (κ2) is 4.55. The highest BCUT2D eigenvalue weighted by atomic mass is 16.1. The second-order valence-electron chi connectivity index (χ2n) is 8.91. The van der Waals surface area contributed by atoms with Crippen molar-refractivity contribution in [3.8, 4) is 0 Å². The van der Waals surface area contributed by atoms with Crippen LogP contribution >= 0.6 is 0 Å². The Balaban J connectivity index is 1.64. The normalized spacial score (nSPS) is 50.1. The van der Waals surface area contributed by atoms with Gasteiger partial charge in [-0.1, -0.05) is 19.4 Å². The molecule has 3 fully saturated rings. The number of carbonyl (C=O) groups is 2. The lowest BCUT2D eigenvalue weighted by Crippen LogP contribution is -2.60. The third kappa shape index (κ3) is 1.73. The van der Waals surface area contributed by atoms with Gasteiger partial charge in [-0.05, 0) is 80.1 Å². The Bertz CT molecular complexity index is 574. The van der Waals surface area contributed by atoms with Gasteiger partial charge in [-0.15, -0.1) is 0 Å². The topological polar surface area (TPSA) is 34.1 Å². The van der Waals surface area contributed by atoms with Crippen molar-refractivity contribution in [3.05, 3.63) is 11.6 Å². The molecule has 0 saturated heterocycles. The maximum atomic E-state index is 11.9. The Morgan fingerprint density at radius 1 is 1.14 bits per heavy atom. The Kier molecular flexibility index (Phi) is 3.03. The Morgan fingerprint density at radius 3 is 2.64 bits per heavy atom. The summed E-state index contributed by atoms with van der Waals surface area (Å²) in [6.07, 6.45) is 9.71. The van der Waals surface area contributed by atoms with Crippen molar-refractivity contribution in [1.29, 1.82) is 0 Å². The van der Waals surface area contributed by atoms with E-state index in [-0.39, 0.29) is 10.8 Å². The van der Waals surface area contributed by atoms with Crippen LogP contribution in [0.2, 0.25) is 0 Å². The molecule has 6 unspecified atom stereocenters. The number of rotatable bonds is 1. The third-order valence-corrected chi connectivity index (χ3v) is 8.18. The minimum atomic E-state index is 0.263. The van der Waals surface area contributed by atoms with E-state index < -0.39 is 0 Å². The van der Waals surface area contributed by atoms with E-state index in [0.29, 0.717) is 17.5 Å². The molecule has 0 heterocycles. The van der Waals surface area contributed by atoms with Crippen molar-refractivity contribution in [2.75, 3.05) is 0 Å². The molecule has 0 aromatic rings. The highest BCUT2D eigenvalue weighted by Gasteiger charge is 2.62. The summed E-state index contributed by atoms with van der Waals surface area (Å²) < 4.78 is 0. The van der Waals surface area contributed by atoms with Crippen molar-refractivity contribution < 1.29 is 9.59 Å². The zero-order chi connectivity index (χ0) is 15.7. The van der Waals surface area contributed by atoms with Crippen LogP contribution in [0.4, 0.5) is 0 Å². The first kappa shape index (κ1) is 14.7. The van der Waals surface area contributed by atoms with E-state index in [1.807, 2.05) is 6.08 Å². The molecule has 4 aliphatic carbocycles. The highest BCUT2D eigenvalue weighted by Crippen LogP contribution is 2.68. The molecule has 6 atom stereocenters. The van der Waals surface area contributed by atoms with Gasteiger partial charge >= 0.3 is 0 Å². The summed E-state index contributed by atoms with van der Waals surface area (Å²) in [6, 6.07) is 0. The fourth-order valence-electron chi connectivity index (χ4n) is 6.78. The summed E-state index contributed by atoms with van der Waals surface area (Å²) in [5, 5.41) is 0. The predicted molar refractivity (Wildman–Crippen MR) is 86.3 cm³/mol. The van der Waals surface area contributed by atoms with E-state index in [9.17, 15) is 9.59 Å². The molecule has 3 saturated carbocycles. The number of hydrogen-bond acceptors (Lipinski definition) is 2. The van der Waals surface area contributed by atoms with E-state index in [1.54, 1.807) is 6.92 Å². The maximum Gasteiger partial charge on any atom is 0.155 e. The number of ketones is 2. The van der Waals surface area contributed by atoms with Gasteiger partial charge in [-0.3, -0.25) is 9.59 Å². The molecule has 2 heteroatoms. The Hall–Kier alpha value is -0.920. The van der Waals surface area contributed by atoms with Crippen molar-refractivity contribution >= 4 is 11.6 Å². The molecule has 0 aliphatic heterocycles. The zero-order valence-corrected chi connectivity index (χ0v) is 14.2. The van der Waals surface area contributed by atoms with Crippen molar-refractivity contribution in [3.63, 3.8) is 0 Å². The van der Waals surface area contributed by atoms with Gasteiger partial charge in [0.05, 0.1) is 0 Å². The van der Waals surface area contributed by atoms with E-state index in [4.69, 9.17) is 0 Å². The van der Waals surface area contributed by atoms with E-state index in [1.165, 1.54) is 24.8 Å². The molecule has 2 nitrogen and oxygen atoms in total. The highest BCUT2D eigenvalue weighted by molar-refractivity contribution is 5.91. The summed E-state index contributed by atoms with van der Waals surface area (Å²) in [5.41, 5.74) is 1.98. The van der Waals surface area contributed by atoms with Crippen LogP contribution in [0.1, 0.15) is 65.7 Å². The third-order valence-electron chi connectivity index (χ3n) is 8.18. The van der Waals surface area contributed by atoms with E-state index in [2.05, 4.69) is 13.8 Å². The molecule has 0 N–H and O–H groups in total. The van der Waals surface area contributed by atoms with Crippen LogP contribution in [0, 0.1) is 34.5 Å². The Morgan fingerprint density at radius 2 is 1.91 bits per heavy atom. The van der Waals surface area contributed by atoms with Crippen LogP contribution < -0.4 is 0 Å². The van der Waals surface area contributed by atoms with E-state index in [0.717, 1.165) is 43.4 Å². The summed E-state index contributed by atoms with van der Waals surface area (Å²) in [5.74, 6) is 3.33. The van der Waals surface area contributed by atoms with Crippen LogP contribution in [0.5, 0.6) is 0 Å². The van der Waals surface area contributed by atoms with Gasteiger partial charge in [0.15, 0.2) is 5.78 Å². The van der Waals surface area contributed by atoms with Crippen LogP contribution in [0.3, 0.4) is 0 Å². The summed E-state index contributed by atoms with van der Waals surface area (Å²) in [6.45, 7) is 6.58. The van der Waals surface area contributed by atoms with Gasteiger partial charge in [-0.2, -0.15) is 0 Å². The average Bonchev–Trinajstić information content (AvgIpc) is 2.44. The average molecular weight is 300 g/mol. The Labute approximate surface area is 133 Å². The van der Waals surface area contributed by atoms with Crippen molar-refractivity contribution in [1.82, 2.24) is 0 Å². The summed E-state index contributed by atoms with van der Waals surface area (Å²) >= 11 is 0. The zero-order valence-electron chi connectivity index (χ0n) is 14.2. The molecule has 0 radical (unpaired) electrons. The van der Waals surface area contributed by atoms with Crippen molar-refractivity contribution in [2.45, 2.75) is 65.7 Å². The smallest absolute Gasteiger partial charge is 0.155 e. The van der Waals surface area contributed by atoms with E-state index >= 15 is 0 Å². The quantitative estimate of drug-likeness (QED) is 0.722. The summed E-state index contributed by atoms with van der Waals surface area (Å²) in [4.78, 5) is 23.7. The SMILES string of the molecule is CC(=O)C1CC2C3CCC4=CC(=O)CCC4(C)C3CCC12C. The molecule has 0 bridgehead atoms. The number of hydrogen-bond donors (Lipinski definition) is 0. The number of carbonyl (C=O) groups excluding carboxylic acids is 2.